The summed E-state index contributed by atoms with van der Waals surface area (Å²) in [5.41, 5.74) is 1.55. The Morgan fingerprint density at radius 3 is 1.05 bits per heavy atom. The predicted molar refractivity (Wildman–Crippen MR) is 376 cm³/mol. The van der Waals surface area contributed by atoms with Crippen molar-refractivity contribution in [2.24, 2.45) is 0 Å². The van der Waals surface area contributed by atoms with E-state index in [1.165, 1.54) is 9.13 Å². The molecule has 8 aromatic rings. The molecule has 506 valence electrons. The summed E-state index contributed by atoms with van der Waals surface area (Å²) in [5, 5.41) is 0. The minimum absolute atomic E-state index is 0.0524. The molecule has 2 unspecified atom stereocenters. The average molecular weight is 1380 g/mol. The van der Waals surface area contributed by atoms with E-state index in [1.807, 2.05) is 133 Å². The van der Waals surface area contributed by atoms with Gasteiger partial charge in [0.15, 0.2) is 15.0 Å². The standard InChI is InChI=1S/C72H82N6O14P2S2/c1-49-45-77(69(81)73-67(49)79)65-43-61(63(89-65)47-87-71(51-17-9-7-10-18-51,53-21-29-57(83-3)30-22-53)54-23-31-58(84-4)32-24-54)91-93(75-37-13-14-38-75)95-41-42-96-94(76-39-15-16-40-76)92-62-44-66(78-46-50(2)68(80)74-70(78)82)90-64(62)48-88-72(52-19-11-8-12-20-52,55-25-33-59(85-5)34-26-55)56-27-35-60(86-6)36-28-56/h7-12,17-36,45-46,61-66H,13-16,37-44,47-48H2,1-6H3,(H,73,79,81)(H,74,80,82)/t61-,62-,63+,64+,65+,66+,93?,94?/m0/s1. The Morgan fingerprint density at radius 2 is 0.750 bits per heavy atom. The zero-order valence-electron chi connectivity index (χ0n) is 54.7. The summed E-state index contributed by atoms with van der Waals surface area (Å²) < 4.78 is 74.2. The van der Waals surface area contributed by atoms with E-state index in [0.717, 1.165) is 96.7 Å². The van der Waals surface area contributed by atoms with Crippen LogP contribution in [0.4, 0.5) is 0 Å². The third kappa shape index (κ3) is 15.2. The predicted octanol–water partition coefficient (Wildman–Crippen LogP) is 12.2. The van der Waals surface area contributed by atoms with Crippen LogP contribution in [0.5, 0.6) is 23.0 Å². The molecule has 6 heterocycles. The first-order valence-electron chi connectivity index (χ1n) is 32.4. The number of aryl methyl sites for hydroxylation is 2. The molecule has 0 spiro atoms. The molecule has 2 aromatic heterocycles. The molecular formula is C72H82N6O14P2S2. The molecule has 4 aliphatic rings. The van der Waals surface area contributed by atoms with E-state index < -0.39 is 85.6 Å². The quantitative estimate of drug-likeness (QED) is 0.0254. The fourth-order valence-electron chi connectivity index (χ4n) is 13.0. The number of H-pyrrole nitrogens is 2. The average Bonchev–Trinajstić information content (AvgIpc) is 0.964. The van der Waals surface area contributed by atoms with Gasteiger partial charge < -0.3 is 46.9 Å². The van der Waals surface area contributed by atoms with Crippen molar-refractivity contribution in [2.75, 3.05) is 79.3 Å². The molecule has 4 saturated heterocycles. The van der Waals surface area contributed by atoms with Crippen LogP contribution in [0, 0.1) is 13.8 Å². The third-order valence-electron chi connectivity index (χ3n) is 18.1. The van der Waals surface area contributed by atoms with E-state index >= 15 is 0 Å². The SMILES string of the molecule is COc1ccc(C(OC[C@H]2O[C@@H](n3cc(C)c(=O)[nH]c3=O)C[C@@H]2OP(SCCSP(O[C@H]2C[C@H](n3cc(C)c(=O)[nH]c3=O)O[C@@H]2COC(c2ccccc2)(c2ccc(OC)cc2)c2ccc(OC)cc2)N2CCCC2)N2CCCC2)(c2ccccc2)c2ccc(OC)cc2)cc1. The highest BCUT2D eigenvalue weighted by molar-refractivity contribution is 8.55. The molecule has 0 saturated carbocycles. The van der Waals surface area contributed by atoms with E-state index in [0.29, 0.717) is 47.0 Å². The first-order chi connectivity index (χ1) is 46.8. The van der Waals surface area contributed by atoms with Crippen molar-refractivity contribution in [3.05, 3.63) is 256 Å². The Morgan fingerprint density at radius 1 is 0.448 bits per heavy atom. The highest BCUT2D eigenvalue weighted by Gasteiger charge is 2.47. The summed E-state index contributed by atoms with van der Waals surface area (Å²) in [5.74, 6) is 4.22. The van der Waals surface area contributed by atoms with Crippen LogP contribution >= 0.6 is 37.8 Å². The number of hydrogen-bond donors (Lipinski definition) is 2. The van der Waals surface area contributed by atoms with Crippen LogP contribution in [0.15, 0.2) is 189 Å². The summed E-state index contributed by atoms with van der Waals surface area (Å²) in [4.78, 5) is 57.9. The monoisotopic (exact) mass is 1380 g/mol. The van der Waals surface area contributed by atoms with Crippen molar-refractivity contribution >= 4 is 37.8 Å². The highest BCUT2D eigenvalue weighted by Crippen LogP contribution is 2.62. The van der Waals surface area contributed by atoms with Crippen LogP contribution in [-0.4, -0.2) is 132 Å². The van der Waals surface area contributed by atoms with Gasteiger partial charge in [-0.15, -0.1) is 0 Å². The smallest absolute Gasteiger partial charge is 0.330 e. The molecule has 0 aliphatic carbocycles. The Hall–Kier alpha value is -6.88. The number of methoxy groups -OCH3 is 4. The van der Waals surface area contributed by atoms with Gasteiger partial charge >= 0.3 is 11.4 Å². The topological polar surface area (TPSA) is 208 Å². The maximum absolute atomic E-state index is 13.7. The van der Waals surface area contributed by atoms with Crippen molar-refractivity contribution < 1.29 is 46.9 Å². The lowest BCUT2D eigenvalue weighted by Crippen LogP contribution is -2.38. The van der Waals surface area contributed by atoms with Crippen molar-refractivity contribution in [3.63, 3.8) is 0 Å². The second kappa shape index (κ2) is 31.8. The number of nitrogens with one attached hydrogen (secondary N) is 2. The largest absolute Gasteiger partial charge is 0.497 e. The van der Waals surface area contributed by atoms with Crippen LogP contribution in [0.3, 0.4) is 0 Å². The second-order valence-electron chi connectivity index (χ2n) is 24.1. The van der Waals surface area contributed by atoms with E-state index in [2.05, 4.69) is 43.6 Å². The molecular weight excluding hydrogens is 1300 g/mol. The normalized spacial score (nSPS) is 20.7. The van der Waals surface area contributed by atoms with Gasteiger partial charge in [0.1, 0.15) is 58.9 Å². The molecule has 24 heteroatoms. The number of hydrogen-bond acceptors (Lipinski definition) is 18. The summed E-state index contributed by atoms with van der Waals surface area (Å²) >= 11 is 3.58. The maximum atomic E-state index is 13.7. The summed E-state index contributed by atoms with van der Waals surface area (Å²) in [7, 11) is 3.98. The number of aromatic nitrogens is 4. The fraction of sp³-hybridized carbons (Fsp3) is 0.389. The van der Waals surface area contributed by atoms with Crippen LogP contribution in [-0.2, 0) is 39.2 Å². The van der Waals surface area contributed by atoms with Crippen LogP contribution in [0.25, 0.3) is 0 Å². The van der Waals surface area contributed by atoms with E-state index in [9.17, 15) is 19.2 Å². The minimum atomic E-state index is -1.30. The van der Waals surface area contributed by atoms with E-state index in [-0.39, 0.29) is 13.2 Å². The van der Waals surface area contributed by atoms with Gasteiger partial charge in [-0.1, -0.05) is 132 Å². The number of benzene rings is 6. The zero-order valence-corrected chi connectivity index (χ0v) is 58.2. The molecule has 0 amide bonds. The van der Waals surface area contributed by atoms with E-state index in [4.69, 9.17) is 46.9 Å². The molecule has 0 bridgehead atoms. The van der Waals surface area contributed by atoms with Gasteiger partial charge in [-0.25, -0.2) is 9.59 Å². The lowest BCUT2D eigenvalue weighted by molar-refractivity contribution is -0.0910. The van der Waals surface area contributed by atoms with Crippen molar-refractivity contribution in [2.45, 2.75) is 100 Å². The van der Waals surface area contributed by atoms with Gasteiger partial charge in [0.05, 0.1) is 53.9 Å². The Balaban J connectivity index is 0.824. The highest BCUT2D eigenvalue weighted by atomic mass is 32.7. The van der Waals surface area contributed by atoms with Crippen molar-refractivity contribution in [3.8, 4) is 23.0 Å². The third-order valence-corrected chi connectivity index (χ3v) is 26.5. The van der Waals surface area contributed by atoms with Crippen LogP contribution in [0.2, 0.25) is 0 Å². The first kappa shape index (κ1) is 69.0. The summed E-state index contributed by atoms with van der Waals surface area (Å²) in [6.07, 6.45) is 3.86. The lowest BCUT2D eigenvalue weighted by atomic mass is 9.80. The second-order valence-corrected chi connectivity index (χ2v) is 31.3. The minimum Gasteiger partial charge on any atom is -0.497 e. The zero-order chi connectivity index (χ0) is 66.8. The van der Waals surface area contributed by atoms with Gasteiger partial charge in [0, 0.05) is 74.0 Å². The summed E-state index contributed by atoms with van der Waals surface area (Å²) in [6.45, 7) is 6.92. The molecule has 12 rings (SSSR count). The number of rotatable bonds is 29. The van der Waals surface area contributed by atoms with Crippen molar-refractivity contribution in [1.82, 2.24) is 28.4 Å². The Kier molecular flexibility index (Phi) is 22.8. The van der Waals surface area contributed by atoms with Crippen LogP contribution in [0.1, 0.15) is 95.5 Å². The molecule has 96 heavy (non-hydrogen) atoms. The summed E-state index contributed by atoms with van der Waals surface area (Å²) in [6, 6.07) is 51.7. The number of nitrogens with zero attached hydrogens (tertiary/aromatic N) is 4. The molecule has 20 nitrogen and oxygen atoms in total. The Labute approximate surface area is 569 Å². The first-order valence-corrected chi connectivity index (χ1v) is 38.0. The van der Waals surface area contributed by atoms with Crippen LogP contribution < -0.4 is 41.4 Å². The maximum Gasteiger partial charge on any atom is 0.330 e. The van der Waals surface area contributed by atoms with Gasteiger partial charge in [-0.05, 0) is 121 Å². The molecule has 6 aromatic carbocycles. The van der Waals surface area contributed by atoms with Gasteiger partial charge in [-0.3, -0.25) is 38.0 Å². The molecule has 2 N–H and O–H groups in total. The molecule has 4 fully saturated rings. The van der Waals surface area contributed by atoms with Gasteiger partial charge in [0.25, 0.3) is 11.1 Å². The molecule has 4 aliphatic heterocycles. The van der Waals surface area contributed by atoms with Gasteiger partial charge in [0.2, 0.25) is 0 Å². The fourth-order valence-corrected chi connectivity index (χ4v) is 22.0. The van der Waals surface area contributed by atoms with Crippen molar-refractivity contribution in [1.29, 1.82) is 0 Å². The number of ether oxygens (including phenoxy) is 8. The number of aromatic amines is 2. The van der Waals surface area contributed by atoms with Gasteiger partial charge in [-0.2, -0.15) is 0 Å². The molecule has 0 radical (unpaired) electrons. The molecule has 8 atom stereocenters. The lowest BCUT2D eigenvalue weighted by Gasteiger charge is -2.38. The van der Waals surface area contributed by atoms with E-state index in [1.54, 1.807) is 77.4 Å². The Bertz CT molecular complexity index is 3730.